The molecule has 0 radical (unpaired) electrons. The molecule has 0 aliphatic carbocycles. The zero-order valence-electron chi connectivity index (χ0n) is 15.8. The Balaban J connectivity index is 1.41. The first kappa shape index (κ1) is 19.0. The molecule has 2 aliphatic rings. The summed E-state index contributed by atoms with van der Waals surface area (Å²) in [6.45, 7) is 4.76. The monoisotopic (exact) mass is 402 g/mol. The molecule has 2 aliphatic heterocycles. The summed E-state index contributed by atoms with van der Waals surface area (Å²) in [5, 5.41) is 0.512. The molecule has 1 aromatic carbocycles. The van der Waals surface area contributed by atoms with Crippen molar-refractivity contribution in [2.24, 2.45) is 0 Å². The van der Waals surface area contributed by atoms with E-state index in [1.165, 1.54) is 18.6 Å². The third-order valence-electron chi connectivity index (χ3n) is 5.48. The number of aromatic nitrogens is 1. The number of nitrogens with zero attached hydrogens (tertiary/aromatic N) is 4. The smallest absolute Gasteiger partial charge is 0.255 e. The van der Waals surface area contributed by atoms with E-state index in [1.54, 1.807) is 24.4 Å². The third kappa shape index (κ3) is 4.07. The molecule has 2 saturated heterocycles. The minimum absolute atomic E-state index is 0.0155. The van der Waals surface area contributed by atoms with E-state index < -0.39 is 0 Å². The van der Waals surface area contributed by atoms with Crippen LogP contribution in [-0.2, 0) is 0 Å². The molecule has 0 saturated carbocycles. The molecule has 1 aromatic heterocycles. The number of piperazine rings is 1. The Labute approximate surface area is 169 Å². The molecule has 0 N–H and O–H groups in total. The molecule has 2 fully saturated rings. The van der Waals surface area contributed by atoms with E-state index in [4.69, 9.17) is 11.6 Å². The second-order valence-corrected chi connectivity index (χ2v) is 7.74. The summed E-state index contributed by atoms with van der Waals surface area (Å²) in [6.07, 6.45) is 4.95. The van der Waals surface area contributed by atoms with Crippen molar-refractivity contribution in [1.82, 2.24) is 9.88 Å². The maximum Gasteiger partial charge on any atom is 0.255 e. The predicted octanol–water partition coefficient (Wildman–Crippen LogP) is 3.83. The van der Waals surface area contributed by atoms with Gasteiger partial charge >= 0.3 is 0 Å². The molecule has 5 nitrogen and oxygen atoms in total. The zero-order chi connectivity index (χ0) is 19.5. The summed E-state index contributed by atoms with van der Waals surface area (Å²) in [4.78, 5) is 23.4. The number of hydrogen-bond donors (Lipinski definition) is 0. The van der Waals surface area contributed by atoms with Crippen molar-refractivity contribution in [2.45, 2.75) is 19.3 Å². The van der Waals surface area contributed by atoms with Gasteiger partial charge in [0, 0.05) is 51.2 Å². The number of piperidine rings is 1. The van der Waals surface area contributed by atoms with Gasteiger partial charge < -0.3 is 14.7 Å². The molecular weight excluding hydrogens is 379 g/mol. The van der Waals surface area contributed by atoms with E-state index in [2.05, 4.69) is 14.8 Å². The number of benzene rings is 1. The van der Waals surface area contributed by atoms with Crippen molar-refractivity contribution in [2.75, 3.05) is 49.1 Å². The molecule has 148 valence electrons. The lowest BCUT2D eigenvalue weighted by Crippen LogP contribution is -2.47. The number of carbonyl (C=O) groups excluding carboxylic acids is 1. The summed E-state index contributed by atoms with van der Waals surface area (Å²) in [6, 6.07) is 8.32. The fraction of sp³-hybridized carbons (Fsp3) is 0.429. The molecule has 0 atom stereocenters. The van der Waals surface area contributed by atoms with Crippen molar-refractivity contribution in [3.8, 4) is 0 Å². The summed E-state index contributed by atoms with van der Waals surface area (Å²) in [7, 11) is 0. The average Bonchev–Trinajstić information content (AvgIpc) is 2.74. The van der Waals surface area contributed by atoms with Crippen molar-refractivity contribution in [1.29, 1.82) is 0 Å². The molecule has 3 heterocycles. The summed E-state index contributed by atoms with van der Waals surface area (Å²) < 4.78 is 13.1. The van der Waals surface area contributed by atoms with Crippen LogP contribution in [0.2, 0.25) is 5.02 Å². The van der Waals surface area contributed by atoms with Crippen LogP contribution in [-0.4, -0.2) is 55.1 Å². The lowest BCUT2D eigenvalue weighted by atomic mass is 10.1. The van der Waals surface area contributed by atoms with Gasteiger partial charge in [0.15, 0.2) is 0 Å². The maximum absolute atomic E-state index is 13.1. The standard InChI is InChI=1S/C21H24ClFN4O/c22-19-14-16(21(28)27-8-2-1-3-9-27)15-24-20(19)26-12-10-25(11-13-26)18-6-4-17(23)5-7-18/h4-7,14-15H,1-3,8-13H2. The minimum atomic E-state index is -0.224. The van der Waals surface area contributed by atoms with E-state index in [-0.39, 0.29) is 11.7 Å². The van der Waals surface area contributed by atoms with Gasteiger partial charge in [-0.2, -0.15) is 0 Å². The van der Waals surface area contributed by atoms with Gasteiger partial charge in [0.25, 0.3) is 5.91 Å². The first-order valence-corrected chi connectivity index (χ1v) is 10.2. The van der Waals surface area contributed by atoms with Gasteiger partial charge in [0.05, 0.1) is 10.6 Å². The quantitative estimate of drug-likeness (QED) is 0.782. The van der Waals surface area contributed by atoms with Gasteiger partial charge in [0.1, 0.15) is 11.6 Å². The Hall–Kier alpha value is -2.34. The lowest BCUT2D eigenvalue weighted by Gasteiger charge is -2.37. The van der Waals surface area contributed by atoms with Crippen LogP contribution in [0.25, 0.3) is 0 Å². The Morgan fingerprint density at radius 1 is 0.929 bits per heavy atom. The SMILES string of the molecule is O=C(c1cnc(N2CCN(c3ccc(F)cc3)CC2)c(Cl)c1)N1CCCCC1. The maximum atomic E-state index is 13.1. The number of carbonyl (C=O) groups is 1. The zero-order valence-corrected chi connectivity index (χ0v) is 16.5. The Bertz CT molecular complexity index is 831. The highest BCUT2D eigenvalue weighted by atomic mass is 35.5. The second-order valence-electron chi connectivity index (χ2n) is 7.33. The molecule has 0 unspecified atom stereocenters. The number of likely N-dealkylation sites (tertiary alicyclic amines) is 1. The number of anilines is 2. The number of amides is 1. The average molecular weight is 403 g/mol. The van der Waals surface area contributed by atoms with Gasteiger partial charge in [-0.25, -0.2) is 9.37 Å². The minimum Gasteiger partial charge on any atom is -0.368 e. The van der Waals surface area contributed by atoms with Crippen LogP contribution in [0.15, 0.2) is 36.5 Å². The van der Waals surface area contributed by atoms with Crippen molar-refractivity contribution < 1.29 is 9.18 Å². The molecule has 4 rings (SSSR count). The fourth-order valence-corrected chi connectivity index (χ4v) is 4.17. The van der Waals surface area contributed by atoms with E-state index in [0.717, 1.165) is 63.6 Å². The predicted molar refractivity (Wildman–Crippen MR) is 110 cm³/mol. The first-order chi connectivity index (χ1) is 13.6. The normalized spacial score (nSPS) is 17.7. The van der Waals surface area contributed by atoms with Crippen LogP contribution >= 0.6 is 11.6 Å². The van der Waals surface area contributed by atoms with Crippen LogP contribution in [0.4, 0.5) is 15.9 Å². The molecule has 0 bridgehead atoms. The van der Waals surface area contributed by atoms with E-state index in [1.807, 2.05) is 4.90 Å². The molecule has 28 heavy (non-hydrogen) atoms. The Morgan fingerprint density at radius 2 is 1.57 bits per heavy atom. The number of pyridine rings is 1. The third-order valence-corrected chi connectivity index (χ3v) is 5.76. The number of hydrogen-bond acceptors (Lipinski definition) is 4. The first-order valence-electron chi connectivity index (χ1n) is 9.82. The van der Waals surface area contributed by atoms with Gasteiger partial charge in [-0.1, -0.05) is 11.6 Å². The number of halogens is 2. The lowest BCUT2D eigenvalue weighted by molar-refractivity contribution is 0.0724. The van der Waals surface area contributed by atoms with Crippen LogP contribution in [0, 0.1) is 5.82 Å². The summed E-state index contributed by atoms with van der Waals surface area (Å²) >= 11 is 6.49. The van der Waals surface area contributed by atoms with Crippen LogP contribution in [0.1, 0.15) is 29.6 Å². The van der Waals surface area contributed by atoms with Crippen LogP contribution in [0.5, 0.6) is 0 Å². The van der Waals surface area contributed by atoms with Crippen molar-refractivity contribution in [3.63, 3.8) is 0 Å². The number of rotatable bonds is 3. The Morgan fingerprint density at radius 3 is 2.21 bits per heavy atom. The van der Waals surface area contributed by atoms with Crippen molar-refractivity contribution >= 4 is 29.0 Å². The van der Waals surface area contributed by atoms with E-state index in [0.29, 0.717) is 10.6 Å². The van der Waals surface area contributed by atoms with E-state index >= 15 is 0 Å². The molecule has 0 spiro atoms. The summed E-state index contributed by atoms with van der Waals surface area (Å²) in [5.74, 6) is 0.509. The second kappa shape index (κ2) is 8.35. The molecule has 2 aromatic rings. The van der Waals surface area contributed by atoms with Crippen LogP contribution < -0.4 is 9.80 Å². The van der Waals surface area contributed by atoms with Gasteiger partial charge in [0.2, 0.25) is 0 Å². The molecule has 1 amide bonds. The Kier molecular flexibility index (Phi) is 5.67. The molecular formula is C21H24ClFN4O. The van der Waals surface area contributed by atoms with Gasteiger partial charge in [-0.15, -0.1) is 0 Å². The fourth-order valence-electron chi connectivity index (χ4n) is 3.89. The van der Waals surface area contributed by atoms with Gasteiger partial charge in [-0.05, 0) is 49.6 Å². The topological polar surface area (TPSA) is 39.7 Å². The van der Waals surface area contributed by atoms with Crippen LogP contribution in [0.3, 0.4) is 0 Å². The largest absolute Gasteiger partial charge is 0.368 e. The molecule has 7 heteroatoms. The van der Waals surface area contributed by atoms with E-state index in [9.17, 15) is 9.18 Å². The van der Waals surface area contributed by atoms with Gasteiger partial charge in [-0.3, -0.25) is 4.79 Å². The van der Waals surface area contributed by atoms with Crippen molar-refractivity contribution in [3.05, 3.63) is 52.9 Å². The highest BCUT2D eigenvalue weighted by Gasteiger charge is 2.23. The highest BCUT2D eigenvalue weighted by molar-refractivity contribution is 6.33. The summed E-state index contributed by atoms with van der Waals surface area (Å²) in [5.41, 5.74) is 1.57. The highest BCUT2D eigenvalue weighted by Crippen LogP contribution is 2.27.